The molecule has 25 heavy (non-hydrogen) atoms. The summed E-state index contributed by atoms with van der Waals surface area (Å²) < 4.78 is 0. The van der Waals surface area contributed by atoms with E-state index in [2.05, 4.69) is 34.6 Å². The number of rotatable bonds is 4. The van der Waals surface area contributed by atoms with Crippen molar-refractivity contribution in [3.63, 3.8) is 0 Å². The standard InChI is InChI=1S/C7H8N2O3.C7H8.C2H7NO.2CH4/c8-12-5-6-1-3-7(4-2-6)9(10)11;1-7-5-3-2-4-6-7;1-2-4-3;;/h1-4H,5,8H2;2-6H,1H3;2-3H2,1H3;2*1H4. The molecule has 0 aliphatic rings. The van der Waals surface area contributed by atoms with Crippen LogP contribution in [0.2, 0.25) is 0 Å². The van der Waals surface area contributed by atoms with Gasteiger partial charge in [-0.2, -0.15) is 0 Å². The highest BCUT2D eigenvalue weighted by Crippen LogP contribution is 2.11. The minimum atomic E-state index is -0.451. The summed E-state index contributed by atoms with van der Waals surface area (Å²) in [5, 5.41) is 10.2. The number of benzene rings is 2. The number of hydrogen-bond acceptors (Lipinski definition) is 6. The maximum atomic E-state index is 10.2. The molecule has 0 aliphatic heterocycles. The normalized spacial score (nSPS) is 8.32. The fraction of sp³-hybridized carbons (Fsp3) is 0.333. The highest BCUT2D eigenvalue weighted by atomic mass is 16.6. The molecule has 0 aliphatic carbocycles. The first kappa shape index (κ1) is 27.5. The second-order valence-corrected chi connectivity index (χ2v) is 4.34. The van der Waals surface area contributed by atoms with E-state index in [0.29, 0.717) is 6.61 Å². The van der Waals surface area contributed by atoms with Crippen molar-refractivity contribution >= 4 is 5.69 Å². The smallest absolute Gasteiger partial charge is 0.269 e. The SMILES string of the molecule is C.C.CCON.Cc1ccccc1.NOCc1ccc([N+](=O)[O-])cc1. The predicted molar refractivity (Wildman–Crippen MR) is 103 cm³/mol. The fourth-order valence-corrected chi connectivity index (χ4v) is 1.34. The van der Waals surface area contributed by atoms with Crippen molar-refractivity contribution in [2.75, 3.05) is 6.61 Å². The van der Waals surface area contributed by atoms with Crippen LogP contribution in [0, 0.1) is 17.0 Å². The average molecular weight is 353 g/mol. The van der Waals surface area contributed by atoms with Gasteiger partial charge in [-0.3, -0.25) is 15.0 Å². The molecule has 2 rings (SSSR count). The van der Waals surface area contributed by atoms with Crippen LogP contribution in [0.1, 0.15) is 32.9 Å². The molecule has 0 radical (unpaired) electrons. The summed E-state index contributed by atoms with van der Waals surface area (Å²) in [4.78, 5) is 18.2. The lowest BCUT2D eigenvalue weighted by Crippen LogP contribution is -1.98. The first-order chi connectivity index (χ1) is 11.0. The Balaban J connectivity index is -0.000000320. The Kier molecular flexibility index (Phi) is 19.8. The summed E-state index contributed by atoms with van der Waals surface area (Å²) in [5.41, 5.74) is 2.20. The van der Waals surface area contributed by atoms with E-state index >= 15 is 0 Å². The zero-order valence-electron chi connectivity index (χ0n) is 13.3. The molecule has 0 saturated heterocycles. The van der Waals surface area contributed by atoms with Crippen molar-refractivity contribution in [2.45, 2.75) is 35.3 Å². The minimum absolute atomic E-state index is 0. The Hall–Kier alpha value is -2.32. The Bertz CT molecular complexity index is 532. The zero-order chi connectivity index (χ0) is 17.5. The van der Waals surface area contributed by atoms with Crippen molar-refractivity contribution in [3.8, 4) is 0 Å². The van der Waals surface area contributed by atoms with Gasteiger partial charge in [0, 0.05) is 12.1 Å². The molecule has 142 valence electrons. The number of nitro groups is 1. The van der Waals surface area contributed by atoms with E-state index in [1.807, 2.05) is 25.1 Å². The van der Waals surface area contributed by atoms with Gasteiger partial charge in [-0.15, -0.1) is 0 Å². The highest BCUT2D eigenvalue weighted by Gasteiger charge is 2.02. The van der Waals surface area contributed by atoms with Crippen molar-refractivity contribution in [1.29, 1.82) is 0 Å². The number of nitrogens with two attached hydrogens (primary N) is 2. The summed E-state index contributed by atoms with van der Waals surface area (Å²) in [5.74, 6) is 9.35. The number of nitro benzene ring substituents is 1. The lowest BCUT2D eigenvalue weighted by molar-refractivity contribution is -0.384. The van der Waals surface area contributed by atoms with Crippen LogP contribution in [-0.2, 0) is 16.3 Å². The third-order valence-electron chi connectivity index (χ3n) is 2.50. The van der Waals surface area contributed by atoms with Crippen molar-refractivity contribution in [1.82, 2.24) is 0 Å². The first-order valence-corrected chi connectivity index (χ1v) is 6.93. The van der Waals surface area contributed by atoms with Crippen LogP contribution in [0.15, 0.2) is 54.6 Å². The van der Waals surface area contributed by atoms with Gasteiger partial charge in [-0.1, -0.05) is 50.7 Å². The lowest BCUT2D eigenvalue weighted by Gasteiger charge is -1.96. The van der Waals surface area contributed by atoms with Gasteiger partial charge in [-0.05, 0) is 31.5 Å². The molecule has 0 amide bonds. The maximum Gasteiger partial charge on any atom is 0.269 e. The van der Waals surface area contributed by atoms with Crippen LogP contribution in [0.5, 0.6) is 0 Å². The zero-order valence-corrected chi connectivity index (χ0v) is 13.3. The number of aryl methyl sites for hydroxylation is 1. The molecular formula is C18H31N3O4. The third-order valence-corrected chi connectivity index (χ3v) is 2.50. The molecule has 0 unspecified atom stereocenters. The number of non-ortho nitro benzene ring substituents is 1. The minimum Gasteiger partial charge on any atom is -0.305 e. The predicted octanol–water partition coefficient (Wildman–Crippen LogP) is 4.15. The number of hydrogen-bond donors (Lipinski definition) is 2. The van der Waals surface area contributed by atoms with Crippen LogP contribution in [0.4, 0.5) is 5.69 Å². The molecule has 0 saturated carbocycles. The van der Waals surface area contributed by atoms with Gasteiger partial charge in [0.25, 0.3) is 5.69 Å². The Labute approximate surface area is 150 Å². The van der Waals surface area contributed by atoms with Gasteiger partial charge < -0.3 is 4.84 Å². The van der Waals surface area contributed by atoms with Crippen LogP contribution < -0.4 is 11.8 Å². The molecule has 2 aromatic carbocycles. The molecule has 0 atom stereocenters. The van der Waals surface area contributed by atoms with Crippen LogP contribution in [0.25, 0.3) is 0 Å². The molecule has 7 heteroatoms. The second kappa shape index (κ2) is 18.0. The Morgan fingerprint density at radius 2 is 1.44 bits per heavy atom. The van der Waals surface area contributed by atoms with E-state index < -0.39 is 4.92 Å². The van der Waals surface area contributed by atoms with Crippen LogP contribution >= 0.6 is 0 Å². The molecule has 0 bridgehead atoms. The number of nitrogens with zero attached hydrogens (tertiary/aromatic N) is 1. The van der Waals surface area contributed by atoms with E-state index in [4.69, 9.17) is 5.90 Å². The summed E-state index contributed by atoms with van der Waals surface area (Å²) in [7, 11) is 0. The Morgan fingerprint density at radius 1 is 0.960 bits per heavy atom. The summed E-state index contributed by atoms with van der Waals surface area (Å²) >= 11 is 0. The molecule has 0 spiro atoms. The highest BCUT2D eigenvalue weighted by molar-refractivity contribution is 5.32. The third kappa shape index (κ3) is 15.0. The quantitative estimate of drug-likeness (QED) is 0.630. The van der Waals surface area contributed by atoms with Gasteiger partial charge in [-0.25, -0.2) is 11.8 Å². The van der Waals surface area contributed by atoms with E-state index in [1.54, 1.807) is 12.1 Å². The van der Waals surface area contributed by atoms with Gasteiger partial charge in [0.2, 0.25) is 0 Å². The van der Waals surface area contributed by atoms with Gasteiger partial charge in [0.15, 0.2) is 0 Å². The maximum absolute atomic E-state index is 10.2. The monoisotopic (exact) mass is 353 g/mol. The largest absolute Gasteiger partial charge is 0.305 e. The van der Waals surface area contributed by atoms with E-state index in [0.717, 1.165) is 5.56 Å². The van der Waals surface area contributed by atoms with Crippen molar-refractivity contribution < 1.29 is 14.6 Å². The second-order valence-electron chi connectivity index (χ2n) is 4.34. The molecule has 0 aromatic heterocycles. The average Bonchev–Trinajstić information content (AvgIpc) is 2.57. The first-order valence-electron chi connectivity index (χ1n) is 6.93. The topological polar surface area (TPSA) is 114 Å². The van der Waals surface area contributed by atoms with E-state index in [1.165, 1.54) is 17.7 Å². The van der Waals surface area contributed by atoms with Gasteiger partial charge in [0.05, 0.1) is 18.1 Å². The summed E-state index contributed by atoms with van der Waals surface area (Å²) in [6.07, 6.45) is 0. The summed E-state index contributed by atoms with van der Waals surface area (Å²) in [6.45, 7) is 4.78. The lowest BCUT2D eigenvalue weighted by atomic mass is 10.2. The van der Waals surface area contributed by atoms with Crippen LogP contribution in [-0.4, -0.2) is 11.5 Å². The molecule has 0 fully saturated rings. The molecular weight excluding hydrogens is 322 g/mol. The van der Waals surface area contributed by atoms with Gasteiger partial charge >= 0.3 is 0 Å². The summed E-state index contributed by atoms with van der Waals surface area (Å²) in [6, 6.07) is 16.3. The van der Waals surface area contributed by atoms with Crippen molar-refractivity contribution in [2.24, 2.45) is 11.8 Å². The van der Waals surface area contributed by atoms with E-state index in [9.17, 15) is 10.1 Å². The Morgan fingerprint density at radius 3 is 1.72 bits per heavy atom. The molecule has 7 nitrogen and oxygen atoms in total. The van der Waals surface area contributed by atoms with Gasteiger partial charge in [0.1, 0.15) is 0 Å². The molecule has 2 aromatic rings. The van der Waals surface area contributed by atoms with E-state index in [-0.39, 0.29) is 27.1 Å². The van der Waals surface area contributed by atoms with Crippen molar-refractivity contribution in [3.05, 3.63) is 75.8 Å². The molecule has 4 N–H and O–H groups in total. The van der Waals surface area contributed by atoms with Crippen LogP contribution in [0.3, 0.4) is 0 Å². The fourth-order valence-electron chi connectivity index (χ4n) is 1.34. The molecule has 0 heterocycles.